The summed E-state index contributed by atoms with van der Waals surface area (Å²) < 4.78 is 0. The lowest BCUT2D eigenvalue weighted by molar-refractivity contribution is -0.139. The molecule has 0 radical (unpaired) electrons. The zero-order valence-corrected chi connectivity index (χ0v) is 9.21. The fourth-order valence-corrected chi connectivity index (χ4v) is 1.52. The Balaban J connectivity index is 2.37. The number of carboxylic acid groups (broad SMARTS) is 1. The summed E-state index contributed by atoms with van der Waals surface area (Å²) in [6.07, 6.45) is 5.13. The highest BCUT2D eigenvalue weighted by Crippen LogP contribution is 2.17. The average molecular weight is 232 g/mol. The number of aromatic nitrogens is 3. The van der Waals surface area contributed by atoms with Gasteiger partial charge in [-0.05, 0) is 19.2 Å². The first-order chi connectivity index (χ1) is 8.22. The maximum Gasteiger partial charge on any atom is 0.328 e. The molecule has 0 saturated heterocycles. The van der Waals surface area contributed by atoms with E-state index >= 15 is 0 Å². The molecule has 3 N–H and O–H groups in total. The van der Waals surface area contributed by atoms with Gasteiger partial charge in [0, 0.05) is 24.2 Å². The Labute approximate surface area is 97.7 Å². The van der Waals surface area contributed by atoms with Gasteiger partial charge in [-0.15, -0.1) is 0 Å². The molecular formula is C11H12N4O2. The molecule has 0 amide bonds. The van der Waals surface area contributed by atoms with Gasteiger partial charge in [0.25, 0.3) is 0 Å². The third-order valence-corrected chi connectivity index (χ3v) is 2.36. The number of likely N-dealkylation sites (N-methyl/N-ethyl adjacent to an activating group) is 1. The topological polar surface area (TPSA) is 90.9 Å². The van der Waals surface area contributed by atoms with Crippen molar-refractivity contribution >= 4 is 5.97 Å². The van der Waals surface area contributed by atoms with Crippen LogP contribution in [0.1, 0.15) is 11.9 Å². The number of carbonyl (C=O) groups is 1. The van der Waals surface area contributed by atoms with Crippen molar-refractivity contribution in [3.05, 3.63) is 36.5 Å². The lowest BCUT2D eigenvalue weighted by Gasteiger charge is -2.09. The maximum atomic E-state index is 11.0. The lowest BCUT2D eigenvalue weighted by Crippen LogP contribution is -2.27. The molecule has 17 heavy (non-hydrogen) atoms. The number of carboxylic acids is 1. The molecule has 0 aliphatic carbocycles. The van der Waals surface area contributed by atoms with Gasteiger partial charge < -0.3 is 15.4 Å². The summed E-state index contributed by atoms with van der Waals surface area (Å²) in [5.74, 6) is -0.752. The molecule has 0 aliphatic rings. The molecule has 2 aromatic rings. The van der Waals surface area contributed by atoms with Crippen LogP contribution >= 0.6 is 0 Å². The summed E-state index contributed by atoms with van der Waals surface area (Å²) in [6.45, 7) is 0. The van der Waals surface area contributed by atoms with E-state index in [1.54, 1.807) is 31.7 Å². The second-order valence-corrected chi connectivity index (χ2v) is 3.46. The molecule has 0 aliphatic heterocycles. The zero-order chi connectivity index (χ0) is 12.3. The van der Waals surface area contributed by atoms with Gasteiger partial charge in [-0.25, -0.2) is 9.97 Å². The standard InChI is InChI=1S/C11H12N4O2/c1-12-9(11(16)17)10-14-5-3-8(15-10)7-2-4-13-6-7/h2-6,9,12-13H,1H3,(H,16,17). The molecule has 0 bridgehead atoms. The highest BCUT2D eigenvalue weighted by molar-refractivity contribution is 5.74. The van der Waals surface area contributed by atoms with E-state index in [0.717, 1.165) is 5.56 Å². The second kappa shape index (κ2) is 4.75. The van der Waals surface area contributed by atoms with Crippen LogP contribution in [0.5, 0.6) is 0 Å². The van der Waals surface area contributed by atoms with Crippen LogP contribution in [0.25, 0.3) is 11.3 Å². The quantitative estimate of drug-likeness (QED) is 0.725. The maximum absolute atomic E-state index is 11.0. The SMILES string of the molecule is CNC(C(=O)O)c1nccc(-c2cc[nH]c2)n1. The van der Waals surface area contributed by atoms with E-state index < -0.39 is 12.0 Å². The van der Waals surface area contributed by atoms with E-state index in [-0.39, 0.29) is 5.82 Å². The van der Waals surface area contributed by atoms with Crippen LogP contribution < -0.4 is 5.32 Å². The Bertz CT molecular complexity index is 510. The number of aromatic amines is 1. The number of aliphatic carboxylic acids is 1. The largest absolute Gasteiger partial charge is 0.480 e. The average Bonchev–Trinajstić information content (AvgIpc) is 2.83. The number of rotatable bonds is 4. The van der Waals surface area contributed by atoms with Gasteiger partial charge in [0.15, 0.2) is 11.9 Å². The van der Waals surface area contributed by atoms with E-state index in [2.05, 4.69) is 20.3 Å². The van der Waals surface area contributed by atoms with Gasteiger partial charge >= 0.3 is 5.97 Å². The molecule has 0 aromatic carbocycles. The van der Waals surface area contributed by atoms with Crippen molar-refractivity contribution < 1.29 is 9.90 Å². The number of nitrogens with one attached hydrogen (secondary N) is 2. The molecule has 0 fully saturated rings. The number of nitrogens with zero attached hydrogens (tertiary/aromatic N) is 2. The highest BCUT2D eigenvalue weighted by Gasteiger charge is 2.20. The van der Waals surface area contributed by atoms with Crippen LogP contribution in [0.2, 0.25) is 0 Å². The van der Waals surface area contributed by atoms with Gasteiger partial charge in [-0.3, -0.25) is 4.79 Å². The highest BCUT2D eigenvalue weighted by atomic mass is 16.4. The van der Waals surface area contributed by atoms with Crippen molar-refractivity contribution in [2.24, 2.45) is 0 Å². The predicted octanol–water partition coefficient (Wildman–Crippen LogP) is 0.817. The van der Waals surface area contributed by atoms with E-state index in [9.17, 15) is 4.79 Å². The fraction of sp³-hybridized carbons (Fsp3) is 0.182. The predicted molar refractivity (Wildman–Crippen MR) is 61.3 cm³/mol. The van der Waals surface area contributed by atoms with Gasteiger partial charge in [0.05, 0.1) is 5.69 Å². The number of hydrogen-bond donors (Lipinski definition) is 3. The molecule has 0 saturated carbocycles. The van der Waals surface area contributed by atoms with Crippen molar-refractivity contribution in [3.8, 4) is 11.3 Å². The molecule has 6 nitrogen and oxygen atoms in total. The zero-order valence-electron chi connectivity index (χ0n) is 9.21. The van der Waals surface area contributed by atoms with Crippen LogP contribution in [-0.2, 0) is 4.79 Å². The third kappa shape index (κ3) is 2.31. The molecule has 2 rings (SSSR count). The summed E-state index contributed by atoms with van der Waals surface area (Å²) in [4.78, 5) is 22.1. The first kappa shape index (κ1) is 11.3. The lowest BCUT2D eigenvalue weighted by atomic mass is 10.2. The normalized spacial score (nSPS) is 12.3. The van der Waals surface area contributed by atoms with Crippen LogP contribution in [0.3, 0.4) is 0 Å². The van der Waals surface area contributed by atoms with Crippen molar-refractivity contribution in [1.29, 1.82) is 0 Å². The van der Waals surface area contributed by atoms with E-state index in [0.29, 0.717) is 5.69 Å². The molecule has 1 unspecified atom stereocenters. The summed E-state index contributed by atoms with van der Waals surface area (Å²) in [7, 11) is 1.56. The smallest absolute Gasteiger partial charge is 0.328 e. The van der Waals surface area contributed by atoms with E-state index in [1.165, 1.54) is 0 Å². The van der Waals surface area contributed by atoms with Gasteiger partial charge in [0.1, 0.15) is 0 Å². The minimum absolute atomic E-state index is 0.249. The molecule has 6 heteroatoms. The van der Waals surface area contributed by atoms with Gasteiger partial charge in [-0.2, -0.15) is 0 Å². The summed E-state index contributed by atoms with van der Waals surface area (Å²) in [6, 6.07) is 2.71. The summed E-state index contributed by atoms with van der Waals surface area (Å²) in [5, 5.41) is 11.7. The number of H-pyrrole nitrogens is 1. The Kier molecular flexibility index (Phi) is 3.15. The van der Waals surface area contributed by atoms with Crippen molar-refractivity contribution in [2.45, 2.75) is 6.04 Å². The van der Waals surface area contributed by atoms with Crippen molar-refractivity contribution in [3.63, 3.8) is 0 Å². The van der Waals surface area contributed by atoms with Gasteiger partial charge in [-0.1, -0.05) is 0 Å². The van der Waals surface area contributed by atoms with Crippen LogP contribution in [0.4, 0.5) is 0 Å². The number of hydrogen-bond acceptors (Lipinski definition) is 4. The molecule has 88 valence electrons. The van der Waals surface area contributed by atoms with Crippen molar-refractivity contribution in [2.75, 3.05) is 7.05 Å². The van der Waals surface area contributed by atoms with Gasteiger partial charge in [0.2, 0.25) is 0 Å². The second-order valence-electron chi connectivity index (χ2n) is 3.46. The monoisotopic (exact) mass is 232 g/mol. The first-order valence-corrected chi connectivity index (χ1v) is 5.08. The summed E-state index contributed by atoms with van der Waals surface area (Å²) in [5.41, 5.74) is 1.59. The van der Waals surface area contributed by atoms with Crippen LogP contribution in [0.15, 0.2) is 30.7 Å². The summed E-state index contributed by atoms with van der Waals surface area (Å²) >= 11 is 0. The Morgan fingerprint density at radius 3 is 2.94 bits per heavy atom. The first-order valence-electron chi connectivity index (χ1n) is 5.08. The van der Waals surface area contributed by atoms with E-state index in [1.807, 2.05) is 6.07 Å². The molecular weight excluding hydrogens is 220 g/mol. The Morgan fingerprint density at radius 2 is 2.35 bits per heavy atom. The van der Waals surface area contributed by atoms with Crippen LogP contribution in [-0.4, -0.2) is 33.1 Å². The minimum Gasteiger partial charge on any atom is -0.480 e. The Morgan fingerprint density at radius 1 is 1.53 bits per heavy atom. The van der Waals surface area contributed by atoms with Crippen molar-refractivity contribution in [1.82, 2.24) is 20.3 Å². The molecule has 2 aromatic heterocycles. The van der Waals surface area contributed by atoms with Crippen LogP contribution in [0, 0.1) is 0 Å². The molecule has 2 heterocycles. The minimum atomic E-state index is -1.00. The molecule has 1 atom stereocenters. The Hall–Kier alpha value is -2.21. The third-order valence-electron chi connectivity index (χ3n) is 2.36. The molecule has 0 spiro atoms. The fourth-order valence-electron chi connectivity index (χ4n) is 1.52. The van der Waals surface area contributed by atoms with E-state index in [4.69, 9.17) is 5.11 Å².